The number of ether oxygens (including phenoxy) is 2. The highest BCUT2D eigenvalue weighted by Crippen LogP contribution is 2.71. The molecule has 0 radical (unpaired) electrons. The van der Waals surface area contributed by atoms with Gasteiger partial charge in [0, 0.05) is 11.0 Å². The predicted molar refractivity (Wildman–Crippen MR) is 89.5 cm³/mol. The van der Waals surface area contributed by atoms with Gasteiger partial charge in [0.2, 0.25) is 0 Å². The predicted octanol–water partition coefficient (Wildman–Crippen LogP) is 3.02. The summed E-state index contributed by atoms with van der Waals surface area (Å²) in [6, 6.07) is 1.96. The molecule has 4 fully saturated rings. The normalized spacial score (nSPS) is 54.8. The molecule has 2 bridgehead atoms. The fourth-order valence-electron chi connectivity index (χ4n) is 6.86. The van der Waals surface area contributed by atoms with Crippen LogP contribution in [-0.4, -0.2) is 34.8 Å². The minimum Gasteiger partial charge on any atom is -0.472 e. The van der Waals surface area contributed by atoms with Crippen molar-refractivity contribution in [3.8, 4) is 0 Å². The first kappa shape index (κ1) is 16.3. The van der Waals surface area contributed by atoms with Crippen molar-refractivity contribution in [2.75, 3.05) is 6.61 Å². The Morgan fingerprint density at radius 1 is 1.32 bits per heavy atom. The van der Waals surface area contributed by atoms with E-state index >= 15 is 0 Å². The molecule has 8 atom stereocenters. The highest BCUT2D eigenvalue weighted by Gasteiger charge is 2.74. The summed E-state index contributed by atoms with van der Waals surface area (Å²) in [6.07, 6.45) is 6.93. The van der Waals surface area contributed by atoms with Gasteiger partial charge in [-0.3, -0.25) is 0 Å². The summed E-state index contributed by atoms with van der Waals surface area (Å²) < 4.78 is 17.9. The van der Waals surface area contributed by atoms with Crippen molar-refractivity contribution in [2.45, 2.75) is 70.1 Å². The van der Waals surface area contributed by atoms with Crippen LogP contribution in [-0.2, 0) is 9.47 Å². The van der Waals surface area contributed by atoms with Gasteiger partial charge < -0.3 is 24.1 Å². The lowest BCUT2D eigenvalue weighted by Crippen LogP contribution is -2.73. The van der Waals surface area contributed by atoms with Gasteiger partial charge >= 0.3 is 0 Å². The molecule has 2 aliphatic heterocycles. The number of rotatable bonds is 1. The third-order valence-electron chi connectivity index (χ3n) is 8.17. The summed E-state index contributed by atoms with van der Waals surface area (Å²) >= 11 is 0. The van der Waals surface area contributed by atoms with Crippen LogP contribution in [0.3, 0.4) is 0 Å². The molecule has 5 rings (SSSR count). The molecule has 0 unspecified atom stereocenters. The molecule has 0 aromatic carbocycles. The highest BCUT2D eigenvalue weighted by atomic mass is 16.7. The average molecular weight is 348 g/mol. The third kappa shape index (κ3) is 1.83. The van der Waals surface area contributed by atoms with Crippen LogP contribution in [0.1, 0.15) is 57.6 Å². The van der Waals surface area contributed by atoms with Crippen LogP contribution in [0.4, 0.5) is 0 Å². The molecule has 2 aliphatic carbocycles. The van der Waals surface area contributed by atoms with Gasteiger partial charge in [-0.25, -0.2) is 0 Å². The molecule has 1 spiro atoms. The first-order chi connectivity index (χ1) is 11.9. The molecule has 1 aromatic rings. The average Bonchev–Trinajstić information content (AvgIpc) is 3.20. The minimum atomic E-state index is -0.902. The number of aliphatic hydroxyl groups excluding tert-OH is 1. The van der Waals surface area contributed by atoms with Crippen molar-refractivity contribution in [1.29, 1.82) is 0 Å². The van der Waals surface area contributed by atoms with E-state index in [-0.39, 0.29) is 29.6 Å². The quantitative estimate of drug-likeness (QED) is 0.816. The Balaban J connectivity index is 1.62. The Bertz CT molecular complexity index is 655. The zero-order chi connectivity index (χ0) is 17.4. The van der Waals surface area contributed by atoms with Gasteiger partial charge in [0.15, 0.2) is 6.29 Å². The van der Waals surface area contributed by atoms with Gasteiger partial charge in [0.1, 0.15) is 0 Å². The summed E-state index contributed by atoms with van der Waals surface area (Å²) in [5.74, 6) is 0.509. The lowest BCUT2D eigenvalue weighted by Gasteiger charge is -2.68. The van der Waals surface area contributed by atoms with E-state index in [9.17, 15) is 10.2 Å². The van der Waals surface area contributed by atoms with E-state index in [4.69, 9.17) is 13.9 Å². The fourth-order valence-corrected chi connectivity index (χ4v) is 6.86. The lowest BCUT2D eigenvalue weighted by atomic mass is 9.41. The number of furan rings is 1. The molecule has 5 nitrogen and oxygen atoms in total. The Kier molecular flexibility index (Phi) is 3.32. The Hall–Kier alpha value is -0.880. The molecule has 1 aromatic heterocycles. The van der Waals surface area contributed by atoms with E-state index in [0.717, 1.165) is 31.2 Å². The van der Waals surface area contributed by atoms with Crippen molar-refractivity contribution < 1.29 is 24.1 Å². The third-order valence-corrected chi connectivity index (χ3v) is 8.17. The fraction of sp³-hybridized carbons (Fsp3) is 0.800. The molecular weight excluding hydrogens is 320 g/mol. The highest BCUT2D eigenvalue weighted by molar-refractivity contribution is 5.22. The number of aliphatic hydroxyl groups is 2. The van der Waals surface area contributed by atoms with E-state index in [1.807, 2.05) is 13.0 Å². The Labute approximate surface area is 148 Å². The van der Waals surface area contributed by atoms with E-state index in [0.29, 0.717) is 13.0 Å². The van der Waals surface area contributed by atoms with Crippen LogP contribution in [0.15, 0.2) is 23.0 Å². The van der Waals surface area contributed by atoms with Crippen molar-refractivity contribution >= 4 is 0 Å². The first-order valence-corrected chi connectivity index (χ1v) is 9.61. The summed E-state index contributed by atoms with van der Waals surface area (Å²) in [5.41, 5.74) is -0.577. The van der Waals surface area contributed by atoms with E-state index < -0.39 is 17.1 Å². The molecule has 2 N–H and O–H groups in total. The second-order valence-corrected chi connectivity index (χ2v) is 9.05. The monoisotopic (exact) mass is 348 g/mol. The molecule has 2 saturated heterocycles. The molecule has 0 amide bonds. The number of hydrogen-bond acceptors (Lipinski definition) is 5. The van der Waals surface area contributed by atoms with Gasteiger partial charge in [-0.05, 0) is 50.5 Å². The van der Waals surface area contributed by atoms with Crippen LogP contribution in [0.25, 0.3) is 0 Å². The summed E-state index contributed by atoms with van der Waals surface area (Å²) in [4.78, 5) is 0. The topological polar surface area (TPSA) is 72.1 Å². The SMILES string of the molecule is C[C@@H]1C[C@H](O)[C@]23CO[C@H]4O[C@H](c5ccoc5)C[C@]41[C@H]2CCC[C@@]3(C)O. The summed E-state index contributed by atoms with van der Waals surface area (Å²) in [6.45, 7) is 4.50. The smallest absolute Gasteiger partial charge is 0.164 e. The van der Waals surface area contributed by atoms with Crippen molar-refractivity contribution in [3.63, 3.8) is 0 Å². The minimum absolute atomic E-state index is 0.0379. The Morgan fingerprint density at radius 3 is 2.92 bits per heavy atom. The molecule has 138 valence electrons. The maximum atomic E-state index is 11.3. The van der Waals surface area contributed by atoms with Gasteiger partial charge in [-0.1, -0.05) is 13.3 Å². The van der Waals surface area contributed by atoms with Gasteiger partial charge in [0.25, 0.3) is 0 Å². The summed E-state index contributed by atoms with van der Waals surface area (Å²) in [7, 11) is 0. The zero-order valence-corrected chi connectivity index (χ0v) is 15.0. The van der Waals surface area contributed by atoms with Crippen molar-refractivity contribution in [1.82, 2.24) is 0 Å². The van der Waals surface area contributed by atoms with E-state index in [1.54, 1.807) is 12.5 Å². The second-order valence-electron chi connectivity index (χ2n) is 9.05. The largest absolute Gasteiger partial charge is 0.472 e. The van der Waals surface area contributed by atoms with Gasteiger partial charge in [-0.15, -0.1) is 0 Å². The second kappa shape index (κ2) is 5.10. The van der Waals surface area contributed by atoms with E-state index in [1.165, 1.54) is 0 Å². The molecule has 25 heavy (non-hydrogen) atoms. The molecule has 4 aliphatic rings. The van der Waals surface area contributed by atoms with Crippen LogP contribution in [0.5, 0.6) is 0 Å². The van der Waals surface area contributed by atoms with Gasteiger partial charge in [0.05, 0.1) is 42.4 Å². The van der Waals surface area contributed by atoms with Crippen molar-refractivity contribution in [3.05, 3.63) is 24.2 Å². The maximum Gasteiger partial charge on any atom is 0.164 e. The van der Waals surface area contributed by atoms with E-state index in [2.05, 4.69) is 6.92 Å². The van der Waals surface area contributed by atoms with Crippen LogP contribution < -0.4 is 0 Å². The lowest BCUT2D eigenvalue weighted by molar-refractivity contribution is -0.354. The van der Waals surface area contributed by atoms with Crippen LogP contribution in [0, 0.1) is 22.7 Å². The van der Waals surface area contributed by atoms with Crippen LogP contribution >= 0.6 is 0 Å². The molecule has 5 heteroatoms. The molecule has 2 saturated carbocycles. The van der Waals surface area contributed by atoms with Crippen LogP contribution in [0.2, 0.25) is 0 Å². The summed E-state index contributed by atoms with van der Waals surface area (Å²) in [5, 5.41) is 22.4. The first-order valence-electron chi connectivity index (χ1n) is 9.61. The maximum absolute atomic E-state index is 11.3. The zero-order valence-electron chi connectivity index (χ0n) is 15.0. The van der Waals surface area contributed by atoms with Crippen molar-refractivity contribution in [2.24, 2.45) is 22.7 Å². The Morgan fingerprint density at radius 2 is 2.16 bits per heavy atom. The number of hydrogen-bond donors (Lipinski definition) is 2. The standard InChI is InChI=1S/C20H28O5/c1-12-8-16(21)20-11-24-17-19(12,15(20)4-3-6-18(20,2)22)9-14(25-17)13-5-7-23-10-13/h5,7,10,12,14-17,21-22H,3-4,6,8-9,11H2,1-2H3/t12-,14+,15-,16+,17+,18-,19+,20+/m1/s1. The molecule has 3 heterocycles. The van der Waals surface area contributed by atoms with Gasteiger partial charge in [-0.2, -0.15) is 0 Å². The molecular formula is C20H28O5.